The molecule has 0 unspecified atom stereocenters. The van der Waals surface area contributed by atoms with Gasteiger partial charge in [-0.05, 0) is 45.1 Å². The van der Waals surface area contributed by atoms with Crippen molar-refractivity contribution in [1.82, 2.24) is 10.3 Å². The number of carbonyl (C=O) groups excluding carboxylic acids is 2. The van der Waals surface area contributed by atoms with Crippen molar-refractivity contribution in [3.05, 3.63) is 22.5 Å². The Labute approximate surface area is 129 Å². The van der Waals surface area contributed by atoms with Crippen LogP contribution in [-0.4, -0.2) is 33.3 Å². The molecular formula is C16H22N2O4. The molecule has 1 aromatic rings. The van der Waals surface area contributed by atoms with E-state index in [1.54, 1.807) is 6.92 Å². The van der Waals surface area contributed by atoms with Crippen LogP contribution < -0.4 is 5.32 Å². The number of Topliss-reactive ketones (excluding diaryl/α,β-unsaturated/α-hetero) is 1. The van der Waals surface area contributed by atoms with Crippen LogP contribution >= 0.6 is 0 Å². The highest BCUT2D eigenvalue weighted by Gasteiger charge is 2.41. The Morgan fingerprint density at radius 1 is 1.32 bits per heavy atom. The van der Waals surface area contributed by atoms with Crippen LogP contribution in [0.1, 0.15) is 71.6 Å². The van der Waals surface area contributed by atoms with Crippen molar-refractivity contribution in [2.45, 2.75) is 58.4 Å². The van der Waals surface area contributed by atoms with E-state index in [-0.39, 0.29) is 18.1 Å². The average Bonchev–Trinajstić information content (AvgIpc) is 2.72. The number of aryl methyl sites for hydroxylation is 1. The van der Waals surface area contributed by atoms with E-state index in [1.165, 1.54) is 6.92 Å². The molecule has 3 N–H and O–H groups in total. The van der Waals surface area contributed by atoms with Gasteiger partial charge in [0.15, 0.2) is 5.78 Å². The Hall–Kier alpha value is -2.11. The maximum absolute atomic E-state index is 12.6. The first-order valence-corrected chi connectivity index (χ1v) is 7.56. The highest BCUT2D eigenvalue weighted by atomic mass is 16.4. The maximum atomic E-state index is 12.6. The second-order valence-corrected chi connectivity index (χ2v) is 6.05. The summed E-state index contributed by atoms with van der Waals surface area (Å²) in [5.41, 5.74) is 1.67. The molecule has 6 nitrogen and oxygen atoms in total. The van der Waals surface area contributed by atoms with Gasteiger partial charge in [0, 0.05) is 11.3 Å². The maximum Gasteiger partial charge on any atom is 0.305 e. The lowest BCUT2D eigenvalue weighted by molar-refractivity contribution is -0.139. The van der Waals surface area contributed by atoms with Gasteiger partial charge in [-0.15, -0.1) is 0 Å². The number of amides is 1. The largest absolute Gasteiger partial charge is 0.481 e. The molecule has 0 aliphatic heterocycles. The van der Waals surface area contributed by atoms with Gasteiger partial charge in [-0.3, -0.25) is 14.4 Å². The zero-order chi connectivity index (χ0) is 16.5. The third-order valence-electron chi connectivity index (χ3n) is 4.40. The van der Waals surface area contributed by atoms with Crippen LogP contribution in [-0.2, 0) is 11.2 Å². The molecule has 1 aromatic heterocycles. The molecule has 2 rings (SSSR count). The monoisotopic (exact) mass is 306 g/mol. The summed E-state index contributed by atoms with van der Waals surface area (Å²) >= 11 is 0. The fraction of sp³-hybridized carbons (Fsp3) is 0.562. The lowest BCUT2D eigenvalue weighted by atomic mass is 9.74. The lowest BCUT2D eigenvalue weighted by Crippen LogP contribution is -2.54. The van der Waals surface area contributed by atoms with Crippen LogP contribution in [0.5, 0.6) is 0 Å². The van der Waals surface area contributed by atoms with Gasteiger partial charge in [0.1, 0.15) is 5.69 Å². The molecule has 0 aromatic carbocycles. The third kappa shape index (κ3) is 2.91. The van der Waals surface area contributed by atoms with Gasteiger partial charge in [-0.2, -0.15) is 0 Å². The minimum atomic E-state index is -0.914. The van der Waals surface area contributed by atoms with Crippen molar-refractivity contribution >= 4 is 17.7 Å². The second-order valence-electron chi connectivity index (χ2n) is 6.05. The molecule has 0 bridgehead atoms. The van der Waals surface area contributed by atoms with Crippen LogP contribution in [0.25, 0.3) is 0 Å². The van der Waals surface area contributed by atoms with E-state index < -0.39 is 11.5 Å². The molecule has 6 heteroatoms. The standard InChI is InChI=1S/C16H22N2O4/c1-4-11-13(10(3)19)9(2)17-14(11)15(22)18-16(6-5-7-16)8-12(20)21/h17H,4-8H2,1-3H3,(H,18,22)(H,20,21). The van der Waals surface area contributed by atoms with Gasteiger partial charge in [0.25, 0.3) is 5.91 Å². The average molecular weight is 306 g/mol. The van der Waals surface area contributed by atoms with Gasteiger partial charge < -0.3 is 15.4 Å². The van der Waals surface area contributed by atoms with Crippen LogP contribution in [0.2, 0.25) is 0 Å². The van der Waals surface area contributed by atoms with Crippen molar-refractivity contribution in [3.8, 4) is 0 Å². The highest BCUT2D eigenvalue weighted by Crippen LogP contribution is 2.35. The van der Waals surface area contributed by atoms with Crippen LogP contribution in [0.3, 0.4) is 0 Å². The molecule has 0 saturated heterocycles. The number of carbonyl (C=O) groups is 3. The zero-order valence-corrected chi connectivity index (χ0v) is 13.2. The predicted molar refractivity (Wildman–Crippen MR) is 81.2 cm³/mol. The molecule has 120 valence electrons. The second kappa shape index (κ2) is 5.94. The number of H-pyrrole nitrogens is 1. The SMILES string of the molecule is CCc1c(C(=O)NC2(CC(=O)O)CCC2)[nH]c(C)c1C(C)=O. The summed E-state index contributed by atoms with van der Waals surface area (Å²) in [4.78, 5) is 38.3. The Morgan fingerprint density at radius 3 is 2.36 bits per heavy atom. The van der Waals surface area contributed by atoms with E-state index in [1.807, 2.05) is 6.92 Å². The molecule has 0 spiro atoms. The summed E-state index contributed by atoms with van der Waals surface area (Å²) in [6.45, 7) is 5.14. The Bertz CT molecular complexity index is 626. The summed E-state index contributed by atoms with van der Waals surface area (Å²) in [5, 5.41) is 11.9. The van der Waals surface area contributed by atoms with Gasteiger partial charge in [0.2, 0.25) is 0 Å². The molecule has 22 heavy (non-hydrogen) atoms. The van der Waals surface area contributed by atoms with E-state index in [4.69, 9.17) is 5.11 Å². The minimum Gasteiger partial charge on any atom is -0.481 e. The summed E-state index contributed by atoms with van der Waals surface area (Å²) < 4.78 is 0. The van der Waals surface area contributed by atoms with Gasteiger partial charge in [-0.25, -0.2) is 0 Å². The molecule has 0 atom stereocenters. The fourth-order valence-corrected chi connectivity index (χ4v) is 3.24. The molecule has 1 saturated carbocycles. The number of aliphatic carboxylic acids is 1. The van der Waals surface area contributed by atoms with Crippen LogP contribution in [0.15, 0.2) is 0 Å². The molecule has 1 heterocycles. The number of aromatic amines is 1. The first-order chi connectivity index (χ1) is 10.3. The normalized spacial score (nSPS) is 16.0. The molecule has 1 aliphatic rings. The molecule has 1 amide bonds. The Kier molecular flexibility index (Phi) is 4.39. The number of nitrogens with one attached hydrogen (secondary N) is 2. The summed E-state index contributed by atoms with van der Waals surface area (Å²) in [7, 11) is 0. The fourth-order valence-electron chi connectivity index (χ4n) is 3.24. The van der Waals surface area contributed by atoms with E-state index >= 15 is 0 Å². The number of hydrogen-bond donors (Lipinski definition) is 3. The van der Waals surface area contributed by atoms with E-state index in [9.17, 15) is 14.4 Å². The smallest absolute Gasteiger partial charge is 0.305 e. The Morgan fingerprint density at radius 2 is 1.95 bits per heavy atom. The topological polar surface area (TPSA) is 99.3 Å². The number of ketones is 1. The first kappa shape index (κ1) is 16.3. The quantitative estimate of drug-likeness (QED) is 0.702. The third-order valence-corrected chi connectivity index (χ3v) is 4.40. The molecule has 1 fully saturated rings. The first-order valence-electron chi connectivity index (χ1n) is 7.56. The Balaban J connectivity index is 2.28. The van der Waals surface area contributed by atoms with Crippen molar-refractivity contribution in [2.75, 3.05) is 0 Å². The molecular weight excluding hydrogens is 284 g/mol. The lowest BCUT2D eigenvalue weighted by Gasteiger charge is -2.41. The number of rotatable bonds is 6. The number of aromatic nitrogens is 1. The zero-order valence-electron chi connectivity index (χ0n) is 13.2. The van der Waals surface area contributed by atoms with E-state index in [0.717, 1.165) is 6.42 Å². The van der Waals surface area contributed by atoms with Gasteiger partial charge in [0.05, 0.1) is 12.0 Å². The van der Waals surface area contributed by atoms with E-state index in [0.29, 0.717) is 41.8 Å². The predicted octanol–water partition coefficient (Wildman–Crippen LogP) is 2.22. The van der Waals surface area contributed by atoms with Crippen molar-refractivity contribution in [2.24, 2.45) is 0 Å². The summed E-state index contributed by atoms with van der Waals surface area (Å²) in [6.07, 6.45) is 2.75. The molecule has 1 aliphatic carbocycles. The number of carboxylic acid groups (broad SMARTS) is 1. The van der Waals surface area contributed by atoms with Crippen LogP contribution in [0, 0.1) is 6.92 Å². The summed E-state index contributed by atoms with van der Waals surface area (Å²) in [6, 6.07) is 0. The van der Waals surface area contributed by atoms with Gasteiger partial charge >= 0.3 is 5.97 Å². The van der Waals surface area contributed by atoms with Crippen molar-refractivity contribution in [1.29, 1.82) is 0 Å². The van der Waals surface area contributed by atoms with Crippen molar-refractivity contribution < 1.29 is 19.5 Å². The van der Waals surface area contributed by atoms with Crippen LogP contribution in [0.4, 0.5) is 0 Å². The highest BCUT2D eigenvalue weighted by molar-refractivity contribution is 6.03. The van der Waals surface area contributed by atoms with Crippen molar-refractivity contribution in [3.63, 3.8) is 0 Å². The molecule has 0 radical (unpaired) electrons. The van der Waals surface area contributed by atoms with Gasteiger partial charge in [-0.1, -0.05) is 6.92 Å². The number of hydrogen-bond acceptors (Lipinski definition) is 3. The minimum absolute atomic E-state index is 0.0700. The summed E-state index contributed by atoms with van der Waals surface area (Å²) in [5.74, 6) is -1.32. The van der Waals surface area contributed by atoms with E-state index in [2.05, 4.69) is 10.3 Å². The number of carboxylic acids is 1.